The van der Waals surface area contributed by atoms with Gasteiger partial charge in [0.05, 0.1) is 6.61 Å². The number of ether oxygens (including phenoxy) is 1. The lowest BCUT2D eigenvalue weighted by atomic mass is 10.0. The van der Waals surface area contributed by atoms with E-state index in [0.29, 0.717) is 6.04 Å². The number of rotatable bonds is 8. The largest absolute Gasteiger partial charge is 0.493 e. The predicted octanol–water partition coefficient (Wildman–Crippen LogP) is 4.44. The van der Waals surface area contributed by atoms with Crippen LogP contribution in [0.4, 0.5) is 0 Å². The summed E-state index contributed by atoms with van der Waals surface area (Å²) >= 11 is 5.70. The van der Waals surface area contributed by atoms with Gasteiger partial charge in [0, 0.05) is 27.9 Å². The maximum atomic E-state index is 5.85. The van der Waals surface area contributed by atoms with Gasteiger partial charge >= 0.3 is 0 Å². The molecule has 4 heteroatoms. The van der Waals surface area contributed by atoms with Crippen molar-refractivity contribution in [3.63, 3.8) is 0 Å². The Morgan fingerprint density at radius 2 is 2.19 bits per heavy atom. The van der Waals surface area contributed by atoms with Gasteiger partial charge in [-0.15, -0.1) is 0 Å². The highest BCUT2D eigenvalue weighted by molar-refractivity contribution is 9.10. The lowest BCUT2D eigenvalue weighted by Crippen LogP contribution is -2.33. The van der Waals surface area contributed by atoms with E-state index in [1.54, 1.807) is 0 Å². The van der Waals surface area contributed by atoms with Crippen LogP contribution in [0.3, 0.4) is 0 Å². The number of hydrogen-bond acceptors (Lipinski definition) is 3. The first-order chi connectivity index (χ1) is 10.1. The van der Waals surface area contributed by atoms with Gasteiger partial charge in [0.2, 0.25) is 0 Å². The van der Waals surface area contributed by atoms with E-state index in [1.165, 1.54) is 22.0 Å². The fourth-order valence-electron chi connectivity index (χ4n) is 2.64. The maximum absolute atomic E-state index is 5.85. The van der Waals surface area contributed by atoms with Gasteiger partial charge in [-0.25, -0.2) is 0 Å². The van der Waals surface area contributed by atoms with Crippen molar-refractivity contribution in [2.24, 2.45) is 0 Å². The zero-order valence-electron chi connectivity index (χ0n) is 13.2. The summed E-state index contributed by atoms with van der Waals surface area (Å²) in [7, 11) is 0. The SMILES string of the molecule is CCNC(CSC(C)CC)Cc1cc(Br)cc2c1OCC2. The molecule has 2 atom stereocenters. The Labute approximate surface area is 141 Å². The molecule has 0 aliphatic carbocycles. The van der Waals surface area contributed by atoms with Crippen molar-refractivity contribution in [2.75, 3.05) is 18.9 Å². The third-order valence-corrected chi connectivity index (χ3v) is 5.90. The van der Waals surface area contributed by atoms with Gasteiger partial charge < -0.3 is 10.1 Å². The molecule has 0 radical (unpaired) electrons. The van der Waals surface area contributed by atoms with Gasteiger partial charge in [-0.1, -0.05) is 36.7 Å². The predicted molar refractivity (Wildman–Crippen MR) is 96.7 cm³/mol. The van der Waals surface area contributed by atoms with Crippen LogP contribution in [-0.4, -0.2) is 30.2 Å². The van der Waals surface area contributed by atoms with Crippen LogP contribution in [0, 0.1) is 0 Å². The molecule has 1 aliphatic rings. The zero-order chi connectivity index (χ0) is 15.2. The first-order valence-corrected chi connectivity index (χ1v) is 9.77. The molecule has 0 bridgehead atoms. The van der Waals surface area contributed by atoms with Crippen LogP contribution in [-0.2, 0) is 12.8 Å². The molecular formula is C17H26BrNOS. The molecule has 21 heavy (non-hydrogen) atoms. The monoisotopic (exact) mass is 371 g/mol. The fourth-order valence-corrected chi connectivity index (χ4v) is 4.22. The standard InChI is InChI=1S/C17H26BrNOS/c1-4-12(3)21-11-16(19-5-2)10-14-9-15(18)8-13-6-7-20-17(13)14/h8-9,12,16,19H,4-7,10-11H2,1-3H3. The molecule has 118 valence electrons. The summed E-state index contributed by atoms with van der Waals surface area (Å²) in [5.74, 6) is 2.29. The first-order valence-electron chi connectivity index (χ1n) is 7.93. The first kappa shape index (κ1) is 17.2. The van der Waals surface area contributed by atoms with E-state index in [-0.39, 0.29) is 0 Å². The van der Waals surface area contributed by atoms with Gasteiger partial charge in [0.1, 0.15) is 5.75 Å². The number of thioether (sulfide) groups is 1. The molecule has 1 aromatic rings. The highest BCUT2D eigenvalue weighted by atomic mass is 79.9. The van der Waals surface area contributed by atoms with Crippen molar-refractivity contribution in [1.82, 2.24) is 5.32 Å². The van der Waals surface area contributed by atoms with Crippen LogP contribution in [0.25, 0.3) is 0 Å². The Hall–Kier alpha value is -0.190. The minimum atomic E-state index is 0.511. The number of nitrogens with one attached hydrogen (secondary N) is 1. The van der Waals surface area contributed by atoms with Gasteiger partial charge in [-0.2, -0.15) is 11.8 Å². The second-order valence-corrected chi connectivity index (χ2v) is 8.05. The van der Waals surface area contributed by atoms with Crippen molar-refractivity contribution >= 4 is 27.7 Å². The van der Waals surface area contributed by atoms with Crippen LogP contribution in [0.1, 0.15) is 38.3 Å². The minimum Gasteiger partial charge on any atom is -0.493 e. The van der Waals surface area contributed by atoms with Crippen molar-refractivity contribution in [3.05, 3.63) is 27.7 Å². The van der Waals surface area contributed by atoms with Crippen LogP contribution in [0.15, 0.2) is 16.6 Å². The number of benzene rings is 1. The number of halogens is 1. The second kappa shape index (κ2) is 8.44. The van der Waals surface area contributed by atoms with E-state index in [9.17, 15) is 0 Å². The van der Waals surface area contributed by atoms with Crippen molar-refractivity contribution in [3.8, 4) is 5.75 Å². The molecule has 0 spiro atoms. The fraction of sp³-hybridized carbons (Fsp3) is 0.647. The van der Waals surface area contributed by atoms with Gasteiger partial charge in [-0.3, -0.25) is 0 Å². The van der Waals surface area contributed by atoms with Crippen LogP contribution < -0.4 is 10.1 Å². The van der Waals surface area contributed by atoms with Crippen LogP contribution in [0.2, 0.25) is 0 Å². The maximum Gasteiger partial charge on any atom is 0.125 e. The third-order valence-electron chi connectivity index (χ3n) is 3.94. The average Bonchev–Trinajstić information content (AvgIpc) is 2.92. The Bertz CT molecular complexity index is 466. The van der Waals surface area contributed by atoms with E-state index < -0.39 is 0 Å². The topological polar surface area (TPSA) is 21.3 Å². The summed E-state index contributed by atoms with van der Waals surface area (Å²) in [6.07, 6.45) is 3.31. The van der Waals surface area contributed by atoms with Crippen molar-refractivity contribution < 1.29 is 4.74 Å². The quantitative estimate of drug-likeness (QED) is 0.729. The lowest BCUT2D eigenvalue weighted by Gasteiger charge is -2.21. The Morgan fingerprint density at radius 3 is 2.90 bits per heavy atom. The molecule has 0 saturated heterocycles. The summed E-state index contributed by atoms with van der Waals surface area (Å²) in [5, 5.41) is 4.36. The number of hydrogen-bond donors (Lipinski definition) is 1. The van der Waals surface area contributed by atoms with Gasteiger partial charge in [0.15, 0.2) is 0 Å². The number of likely N-dealkylation sites (N-methyl/N-ethyl adjacent to an activating group) is 1. The van der Waals surface area contributed by atoms with Crippen LogP contribution >= 0.6 is 27.7 Å². The highest BCUT2D eigenvalue weighted by Crippen LogP contribution is 2.34. The van der Waals surface area contributed by atoms with Crippen molar-refractivity contribution in [1.29, 1.82) is 0 Å². The molecular weight excluding hydrogens is 346 g/mol. The molecule has 0 fully saturated rings. The Morgan fingerprint density at radius 1 is 1.38 bits per heavy atom. The van der Waals surface area contributed by atoms with Gasteiger partial charge in [0.25, 0.3) is 0 Å². The summed E-state index contributed by atoms with van der Waals surface area (Å²) in [5.41, 5.74) is 2.69. The van der Waals surface area contributed by atoms with E-state index in [1.807, 2.05) is 0 Å². The van der Waals surface area contributed by atoms with E-state index in [4.69, 9.17) is 4.74 Å². The molecule has 1 aromatic carbocycles. The van der Waals surface area contributed by atoms with E-state index >= 15 is 0 Å². The molecule has 2 unspecified atom stereocenters. The smallest absolute Gasteiger partial charge is 0.125 e. The lowest BCUT2D eigenvalue weighted by molar-refractivity contribution is 0.352. The molecule has 0 saturated carbocycles. The Balaban J connectivity index is 2.06. The molecule has 2 rings (SSSR count). The van der Waals surface area contributed by atoms with E-state index in [0.717, 1.165) is 42.7 Å². The molecule has 0 amide bonds. The minimum absolute atomic E-state index is 0.511. The molecule has 0 aromatic heterocycles. The molecule has 1 aliphatic heterocycles. The zero-order valence-corrected chi connectivity index (χ0v) is 15.6. The molecule has 2 nitrogen and oxygen atoms in total. The second-order valence-electron chi connectivity index (χ2n) is 5.66. The Kier molecular flexibility index (Phi) is 6.90. The van der Waals surface area contributed by atoms with E-state index in [2.05, 4.69) is 65.9 Å². The summed E-state index contributed by atoms with van der Waals surface area (Å²) in [6.45, 7) is 8.60. The normalized spacial score (nSPS) is 16.4. The average molecular weight is 372 g/mol. The summed E-state index contributed by atoms with van der Waals surface area (Å²) in [4.78, 5) is 0. The molecule has 1 N–H and O–H groups in total. The van der Waals surface area contributed by atoms with Gasteiger partial charge in [-0.05, 0) is 42.6 Å². The summed E-state index contributed by atoms with van der Waals surface area (Å²) < 4.78 is 7.03. The third kappa shape index (κ3) is 4.90. The van der Waals surface area contributed by atoms with Crippen molar-refractivity contribution in [2.45, 2.75) is 51.3 Å². The van der Waals surface area contributed by atoms with Crippen LogP contribution in [0.5, 0.6) is 5.75 Å². The summed E-state index contributed by atoms with van der Waals surface area (Å²) in [6, 6.07) is 4.93. The number of fused-ring (bicyclic) bond motifs is 1. The highest BCUT2D eigenvalue weighted by Gasteiger charge is 2.20. The molecule has 1 heterocycles.